The number of H-pyrrole nitrogens is 1. The molecule has 0 bridgehead atoms. The van der Waals surface area contributed by atoms with Gasteiger partial charge in [0.1, 0.15) is 23.7 Å². The van der Waals surface area contributed by atoms with Crippen molar-refractivity contribution in [3.05, 3.63) is 65.4 Å². The first-order valence-corrected chi connectivity index (χ1v) is 12.3. The summed E-state index contributed by atoms with van der Waals surface area (Å²) < 4.78 is 10.9. The van der Waals surface area contributed by atoms with Crippen LogP contribution >= 0.6 is 0 Å². The number of piperazine rings is 1. The monoisotopic (exact) mass is 473 g/mol. The summed E-state index contributed by atoms with van der Waals surface area (Å²) in [4.78, 5) is 18.0. The number of nitrogens with one attached hydrogen (secondary N) is 1. The van der Waals surface area contributed by atoms with Crippen molar-refractivity contribution in [1.29, 1.82) is 0 Å². The number of benzene rings is 2. The van der Waals surface area contributed by atoms with Gasteiger partial charge in [0.2, 0.25) is 5.89 Å². The van der Waals surface area contributed by atoms with Gasteiger partial charge in [-0.2, -0.15) is 0 Å². The SMILES string of the molecule is COCc1nc(CN2CCN(c3cccc4[nH]c(-c5ccc(C(C)(C)C)cc5)nc34)CC2)c(C)o1. The van der Waals surface area contributed by atoms with Gasteiger partial charge >= 0.3 is 0 Å². The second-order valence-corrected chi connectivity index (χ2v) is 10.4. The molecule has 7 nitrogen and oxygen atoms in total. The Bertz CT molecular complexity index is 1290. The van der Waals surface area contributed by atoms with Crippen LogP contribution in [0.4, 0.5) is 5.69 Å². The van der Waals surface area contributed by atoms with E-state index in [-0.39, 0.29) is 5.41 Å². The van der Waals surface area contributed by atoms with Gasteiger partial charge in [0.05, 0.1) is 16.9 Å². The predicted octanol–water partition coefficient (Wildman–Crippen LogP) is 5.29. The van der Waals surface area contributed by atoms with E-state index in [0.717, 1.165) is 66.6 Å². The van der Waals surface area contributed by atoms with Gasteiger partial charge in [0.25, 0.3) is 0 Å². The zero-order valence-electron chi connectivity index (χ0n) is 21.4. The van der Waals surface area contributed by atoms with Crippen molar-refractivity contribution in [2.24, 2.45) is 0 Å². The molecule has 1 aliphatic heterocycles. The molecule has 184 valence electrons. The molecule has 0 saturated carbocycles. The molecule has 7 heteroatoms. The quantitative estimate of drug-likeness (QED) is 0.410. The number of ether oxygens (including phenoxy) is 1. The van der Waals surface area contributed by atoms with Crippen LogP contribution in [0, 0.1) is 6.92 Å². The lowest BCUT2D eigenvalue weighted by Crippen LogP contribution is -2.46. The zero-order valence-corrected chi connectivity index (χ0v) is 21.4. The Balaban J connectivity index is 1.30. The third-order valence-corrected chi connectivity index (χ3v) is 6.81. The molecule has 0 atom stereocenters. The van der Waals surface area contributed by atoms with Gasteiger partial charge in [0, 0.05) is 45.4 Å². The molecule has 2 aromatic carbocycles. The first kappa shape index (κ1) is 23.6. The van der Waals surface area contributed by atoms with Crippen molar-refractivity contribution >= 4 is 16.7 Å². The number of rotatable bonds is 6. The molecule has 0 aliphatic carbocycles. The van der Waals surface area contributed by atoms with Gasteiger partial charge in [0.15, 0.2) is 0 Å². The minimum Gasteiger partial charge on any atom is -0.443 e. The highest BCUT2D eigenvalue weighted by Gasteiger charge is 2.22. The minimum absolute atomic E-state index is 0.139. The van der Waals surface area contributed by atoms with Crippen LogP contribution in [-0.2, 0) is 23.3 Å². The maximum absolute atomic E-state index is 5.71. The van der Waals surface area contributed by atoms with Crippen LogP contribution in [0.2, 0.25) is 0 Å². The second kappa shape index (κ2) is 9.47. The summed E-state index contributed by atoms with van der Waals surface area (Å²) in [5.41, 5.74) is 6.88. The number of aromatic amines is 1. The molecule has 5 rings (SSSR count). The molecular formula is C28H35N5O2. The van der Waals surface area contributed by atoms with Crippen molar-refractivity contribution < 1.29 is 9.15 Å². The van der Waals surface area contributed by atoms with E-state index in [4.69, 9.17) is 14.1 Å². The predicted molar refractivity (Wildman–Crippen MR) is 140 cm³/mol. The summed E-state index contributed by atoms with van der Waals surface area (Å²) in [6, 6.07) is 15.2. The standard InChI is InChI=1S/C28H35N5O2/c1-19-23(29-25(35-19)18-34-5)17-32-13-15-33(16-14-32)24-8-6-7-22-26(24)31-27(30-22)20-9-11-21(12-10-20)28(2,3)4/h6-12H,13-18H2,1-5H3,(H,30,31). The van der Waals surface area contributed by atoms with E-state index in [0.29, 0.717) is 12.5 Å². The smallest absolute Gasteiger partial charge is 0.220 e. The molecule has 0 amide bonds. The van der Waals surface area contributed by atoms with Crippen molar-refractivity contribution in [3.8, 4) is 11.4 Å². The minimum atomic E-state index is 0.139. The molecular weight excluding hydrogens is 438 g/mol. The van der Waals surface area contributed by atoms with Crippen LogP contribution in [0.1, 0.15) is 43.7 Å². The molecule has 1 fully saturated rings. The molecule has 0 radical (unpaired) electrons. The second-order valence-electron chi connectivity index (χ2n) is 10.4. The molecule has 2 aromatic heterocycles. The number of nitrogens with zero attached hydrogens (tertiary/aromatic N) is 4. The zero-order chi connectivity index (χ0) is 24.6. The molecule has 0 unspecified atom stereocenters. The average molecular weight is 474 g/mol. The number of aryl methyl sites for hydroxylation is 1. The lowest BCUT2D eigenvalue weighted by Gasteiger charge is -2.35. The molecule has 1 N–H and O–H groups in total. The fourth-order valence-electron chi connectivity index (χ4n) is 4.72. The highest BCUT2D eigenvalue weighted by atomic mass is 16.5. The van der Waals surface area contributed by atoms with Crippen LogP contribution < -0.4 is 4.90 Å². The fourth-order valence-corrected chi connectivity index (χ4v) is 4.72. The van der Waals surface area contributed by atoms with E-state index in [1.165, 1.54) is 11.3 Å². The van der Waals surface area contributed by atoms with Gasteiger partial charge < -0.3 is 19.0 Å². The van der Waals surface area contributed by atoms with Crippen LogP contribution in [0.5, 0.6) is 0 Å². The van der Waals surface area contributed by atoms with Gasteiger partial charge in [-0.25, -0.2) is 9.97 Å². The van der Waals surface area contributed by atoms with Crippen molar-refractivity contribution in [3.63, 3.8) is 0 Å². The highest BCUT2D eigenvalue weighted by molar-refractivity contribution is 5.91. The largest absolute Gasteiger partial charge is 0.443 e. The maximum atomic E-state index is 5.71. The van der Waals surface area contributed by atoms with Crippen LogP contribution in [0.15, 0.2) is 46.9 Å². The van der Waals surface area contributed by atoms with Crippen LogP contribution in [-0.4, -0.2) is 53.1 Å². The molecule has 0 spiro atoms. The number of anilines is 1. The number of fused-ring (bicyclic) bond motifs is 1. The number of aromatic nitrogens is 3. The van der Waals surface area contributed by atoms with E-state index < -0.39 is 0 Å². The van der Waals surface area contributed by atoms with Crippen molar-refractivity contribution in [1.82, 2.24) is 19.9 Å². The summed E-state index contributed by atoms with van der Waals surface area (Å²) >= 11 is 0. The van der Waals surface area contributed by atoms with Gasteiger partial charge in [-0.05, 0) is 30.0 Å². The van der Waals surface area contributed by atoms with Gasteiger partial charge in [-0.3, -0.25) is 4.90 Å². The summed E-state index contributed by atoms with van der Waals surface area (Å²) in [5, 5.41) is 0. The van der Waals surface area contributed by atoms with Crippen LogP contribution in [0.25, 0.3) is 22.4 Å². The number of imidazole rings is 1. The molecule has 1 aliphatic rings. The number of hydrogen-bond donors (Lipinski definition) is 1. The van der Waals surface area contributed by atoms with E-state index >= 15 is 0 Å². The Morgan fingerprint density at radius 3 is 2.43 bits per heavy atom. The van der Waals surface area contributed by atoms with E-state index in [1.807, 2.05) is 6.92 Å². The van der Waals surface area contributed by atoms with Gasteiger partial charge in [-0.15, -0.1) is 0 Å². The maximum Gasteiger partial charge on any atom is 0.220 e. The first-order valence-electron chi connectivity index (χ1n) is 12.3. The average Bonchev–Trinajstić information content (AvgIpc) is 3.42. The lowest BCUT2D eigenvalue weighted by molar-refractivity contribution is 0.158. The summed E-state index contributed by atoms with van der Waals surface area (Å²) in [6.07, 6.45) is 0. The van der Waals surface area contributed by atoms with Crippen LogP contribution in [0.3, 0.4) is 0 Å². The topological polar surface area (TPSA) is 70.4 Å². The first-order chi connectivity index (χ1) is 16.8. The van der Waals surface area contributed by atoms with E-state index in [1.54, 1.807) is 7.11 Å². The summed E-state index contributed by atoms with van der Waals surface area (Å²) in [5.74, 6) is 2.44. The normalized spacial score (nSPS) is 15.3. The lowest BCUT2D eigenvalue weighted by atomic mass is 9.87. The Labute approximate surface area is 207 Å². The number of para-hydroxylation sites is 1. The van der Waals surface area contributed by atoms with E-state index in [9.17, 15) is 0 Å². The summed E-state index contributed by atoms with van der Waals surface area (Å²) in [7, 11) is 1.66. The Morgan fingerprint density at radius 1 is 1.00 bits per heavy atom. The van der Waals surface area contributed by atoms with Crippen molar-refractivity contribution in [2.45, 2.75) is 46.3 Å². The molecule has 3 heterocycles. The number of hydrogen-bond acceptors (Lipinski definition) is 6. The third kappa shape index (κ3) is 4.97. The Morgan fingerprint density at radius 2 is 1.74 bits per heavy atom. The highest BCUT2D eigenvalue weighted by Crippen LogP contribution is 2.30. The Kier molecular flexibility index (Phi) is 6.38. The Hall–Kier alpha value is -3.16. The molecule has 1 saturated heterocycles. The molecule has 35 heavy (non-hydrogen) atoms. The van der Waals surface area contributed by atoms with E-state index in [2.05, 4.69) is 83.0 Å². The molecule has 4 aromatic rings. The number of methoxy groups -OCH3 is 1. The summed E-state index contributed by atoms with van der Waals surface area (Å²) in [6.45, 7) is 13.7. The third-order valence-electron chi connectivity index (χ3n) is 6.81. The number of oxazole rings is 1. The fraction of sp³-hybridized carbons (Fsp3) is 0.429. The van der Waals surface area contributed by atoms with Gasteiger partial charge in [-0.1, -0.05) is 51.1 Å². The van der Waals surface area contributed by atoms with Crippen molar-refractivity contribution in [2.75, 3.05) is 38.2 Å².